The zero-order valence-electron chi connectivity index (χ0n) is 25.7. The van der Waals surface area contributed by atoms with Gasteiger partial charge in [-0.2, -0.15) is 5.10 Å². The van der Waals surface area contributed by atoms with Crippen LogP contribution in [0.4, 0.5) is 10.1 Å². The summed E-state index contributed by atoms with van der Waals surface area (Å²) in [5.74, 6) is -1.11. The number of halogens is 1. The van der Waals surface area contributed by atoms with Crippen LogP contribution in [0.25, 0.3) is 11.3 Å². The molecular formula is C36H37FN4O4. The van der Waals surface area contributed by atoms with Gasteiger partial charge in [0.15, 0.2) is 0 Å². The van der Waals surface area contributed by atoms with Gasteiger partial charge in [0, 0.05) is 29.9 Å². The van der Waals surface area contributed by atoms with Gasteiger partial charge in [0.05, 0.1) is 28.6 Å². The van der Waals surface area contributed by atoms with Crippen LogP contribution in [0, 0.1) is 5.82 Å². The minimum Gasteiger partial charge on any atom is -0.478 e. The lowest BCUT2D eigenvalue weighted by Gasteiger charge is -2.33. The van der Waals surface area contributed by atoms with Gasteiger partial charge in [0.1, 0.15) is 5.82 Å². The summed E-state index contributed by atoms with van der Waals surface area (Å²) in [6.07, 6.45) is 5.18. The summed E-state index contributed by atoms with van der Waals surface area (Å²) in [5.41, 5.74) is 4.69. The van der Waals surface area contributed by atoms with Crippen molar-refractivity contribution in [3.8, 4) is 11.3 Å². The Balaban J connectivity index is 1.22. The molecule has 2 amide bonds. The lowest BCUT2D eigenvalue weighted by molar-refractivity contribution is 0.0691. The Labute approximate surface area is 261 Å². The van der Waals surface area contributed by atoms with E-state index in [0.717, 1.165) is 36.8 Å². The number of likely N-dealkylation sites (tertiary alicyclic amines) is 1. The van der Waals surface area contributed by atoms with Crippen molar-refractivity contribution in [2.75, 3.05) is 18.4 Å². The van der Waals surface area contributed by atoms with E-state index in [1.165, 1.54) is 18.3 Å². The predicted octanol–water partition coefficient (Wildman–Crippen LogP) is 7.29. The highest BCUT2D eigenvalue weighted by molar-refractivity contribution is 6.09. The summed E-state index contributed by atoms with van der Waals surface area (Å²) >= 11 is 0. The fraction of sp³-hybridized carbons (Fsp3) is 0.333. The fourth-order valence-electron chi connectivity index (χ4n) is 6.16. The van der Waals surface area contributed by atoms with Crippen molar-refractivity contribution in [1.82, 2.24) is 14.7 Å². The second kappa shape index (κ2) is 12.0. The largest absolute Gasteiger partial charge is 0.478 e. The average Bonchev–Trinajstić information content (AvgIpc) is 3.77. The molecule has 2 N–H and O–H groups in total. The highest BCUT2D eigenvalue weighted by Gasteiger charge is 2.32. The molecule has 45 heavy (non-hydrogen) atoms. The first kappa shape index (κ1) is 30.2. The monoisotopic (exact) mass is 608 g/mol. The summed E-state index contributed by atoms with van der Waals surface area (Å²) in [5, 5.41) is 16.7. The van der Waals surface area contributed by atoms with Crippen LogP contribution < -0.4 is 5.32 Å². The first-order chi connectivity index (χ1) is 21.5. The molecule has 1 aromatic heterocycles. The first-order valence-corrected chi connectivity index (χ1v) is 15.4. The number of nitrogens with zero attached hydrogens (tertiary/aromatic N) is 3. The van der Waals surface area contributed by atoms with Gasteiger partial charge in [-0.05, 0) is 118 Å². The summed E-state index contributed by atoms with van der Waals surface area (Å²) < 4.78 is 15.5. The Hall–Kier alpha value is -4.79. The molecule has 0 atom stereocenters. The predicted molar refractivity (Wildman–Crippen MR) is 170 cm³/mol. The molecule has 2 heterocycles. The number of aromatic carboxylic acids is 1. The third-order valence-electron chi connectivity index (χ3n) is 8.74. The van der Waals surface area contributed by atoms with Crippen LogP contribution in [0.1, 0.15) is 100 Å². The maximum atomic E-state index is 13.9. The molecule has 1 aliphatic heterocycles. The number of rotatable bonds is 7. The van der Waals surface area contributed by atoms with E-state index in [2.05, 4.69) is 10.4 Å². The van der Waals surface area contributed by atoms with Gasteiger partial charge < -0.3 is 15.3 Å². The zero-order valence-corrected chi connectivity index (χ0v) is 25.7. The lowest BCUT2D eigenvalue weighted by Crippen LogP contribution is -2.38. The molecule has 1 aliphatic carbocycles. The van der Waals surface area contributed by atoms with E-state index in [1.807, 2.05) is 49.9 Å². The highest BCUT2D eigenvalue weighted by atomic mass is 19.1. The maximum absolute atomic E-state index is 13.9. The molecule has 0 spiro atoms. The molecule has 2 aliphatic rings. The third-order valence-corrected chi connectivity index (χ3v) is 8.74. The topological polar surface area (TPSA) is 105 Å². The quantitative estimate of drug-likeness (QED) is 0.229. The minimum absolute atomic E-state index is 0.0415. The van der Waals surface area contributed by atoms with Crippen molar-refractivity contribution in [2.24, 2.45) is 0 Å². The Morgan fingerprint density at radius 3 is 2.13 bits per heavy atom. The van der Waals surface area contributed by atoms with Crippen LogP contribution in [0.3, 0.4) is 0 Å². The van der Waals surface area contributed by atoms with Gasteiger partial charge in [-0.1, -0.05) is 18.2 Å². The van der Waals surface area contributed by atoms with Gasteiger partial charge in [0.2, 0.25) is 0 Å². The van der Waals surface area contributed by atoms with E-state index in [1.54, 1.807) is 35.0 Å². The van der Waals surface area contributed by atoms with Crippen LogP contribution in [0.15, 0.2) is 72.9 Å². The number of piperidine rings is 1. The number of aromatic nitrogens is 2. The van der Waals surface area contributed by atoms with Crippen molar-refractivity contribution in [1.29, 1.82) is 0 Å². The number of nitrogens with one attached hydrogen (secondary N) is 1. The number of anilines is 1. The number of hydrogen-bond donors (Lipinski definition) is 2. The van der Waals surface area contributed by atoms with Crippen LogP contribution in [-0.4, -0.2) is 50.7 Å². The molecule has 9 heteroatoms. The van der Waals surface area contributed by atoms with E-state index < -0.39 is 11.5 Å². The fourth-order valence-corrected chi connectivity index (χ4v) is 6.16. The van der Waals surface area contributed by atoms with Gasteiger partial charge in [0.25, 0.3) is 11.8 Å². The highest BCUT2D eigenvalue weighted by Crippen LogP contribution is 2.43. The van der Waals surface area contributed by atoms with Crippen molar-refractivity contribution in [3.05, 3.63) is 107 Å². The van der Waals surface area contributed by atoms with E-state index in [0.29, 0.717) is 47.1 Å². The molecule has 232 valence electrons. The van der Waals surface area contributed by atoms with Crippen molar-refractivity contribution in [3.63, 3.8) is 0 Å². The van der Waals surface area contributed by atoms with Crippen LogP contribution in [0.5, 0.6) is 0 Å². The number of amides is 2. The first-order valence-electron chi connectivity index (χ1n) is 15.4. The molecule has 0 unspecified atom stereocenters. The van der Waals surface area contributed by atoms with Crippen molar-refractivity contribution < 1.29 is 23.9 Å². The van der Waals surface area contributed by atoms with Crippen LogP contribution in [0.2, 0.25) is 0 Å². The van der Waals surface area contributed by atoms with E-state index in [4.69, 9.17) is 0 Å². The molecule has 1 saturated carbocycles. The van der Waals surface area contributed by atoms with Gasteiger partial charge in [-0.25, -0.2) is 9.18 Å². The van der Waals surface area contributed by atoms with Gasteiger partial charge in [-0.3, -0.25) is 14.3 Å². The third kappa shape index (κ3) is 6.38. The number of carboxylic acids is 1. The smallest absolute Gasteiger partial charge is 0.335 e. The second-order valence-corrected chi connectivity index (χ2v) is 13.0. The van der Waals surface area contributed by atoms with E-state index >= 15 is 0 Å². The normalized spacial score (nSPS) is 15.6. The Bertz CT molecular complexity index is 1740. The number of benzene rings is 3. The SMILES string of the molecule is CC(C)(C)n1ncc(C(=O)Nc2ccc(C3CC3)c(C(=O)N3CCC(c4ccc(C(=O)O)cc4)CC3)c2)c1-c1ccc(F)cc1. The van der Waals surface area contributed by atoms with Gasteiger partial charge in [-0.15, -0.1) is 0 Å². The van der Waals surface area contributed by atoms with Crippen molar-refractivity contribution >= 4 is 23.5 Å². The van der Waals surface area contributed by atoms with Gasteiger partial charge >= 0.3 is 5.97 Å². The van der Waals surface area contributed by atoms with Crippen LogP contribution in [-0.2, 0) is 5.54 Å². The summed E-state index contributed by atoms with van der Waals surface area (Å²) in [6.45, 7) is 7.15. The molecule has 2 fully saturated rings. The minimum atomic E-state index is -0.944. The Morgan fingerprint density at radius 2 is 1.53 bits per heavy atom. The number of carbonyl (C=O) groups is 3. The molecule has 0 radical (unpaired) electrons. The zero-order chi connectivity index (χ0) is 31.9. The molecule has 1 saturated heterocycles. The molecule has 0 bridgehead atoms. The Kier molecular flexibility index (Phi) is 8.03. The van der Waals surface area contributed by atoms with Crippen molar-refractivity contribution in [2.45, 2.75) is 63.8 Å². The molecule has 3 aromatic carbocycles. The Morgan fingerprint density at radius 1 is 0.867 bits per heavy atom. The maximum Gasteiger partial charge on any atom is 0.335 e. The standard InChI is InChI=1S/C36H37FN4O4/c1-36(2,3)41-32(25-10-12-27(37)13-11-25)31(21-38-41)33(42)39-28-14-15-29(24-6-7-24)30(20-28)34(43)40-18-16-23(17-19-40)22-4-8-26(9-5-22)35(44)45/h4-5,8-15,20-21,23-24H,6-7,16-19H2,1-3H3,(H,39,42)(H,44,45). The lowest BCUT2D eigenvalue weighted by atomic mass is 9.88. The average molecular weight is 609 g/mol. The molecule has 6 rings (SSSR count). The summed E-state index contributed by atoms with van der Waals surface area (Å²) in [4.78, 5) is 40.7. The van der Waals surface area contributed by atoms with E-state index in [9.17, 15) is 23.9 Å². The summed E-state index contributed by atoms with van der Waals surface area (Å²) in [6, 6.07) is 18.6. The second-order valence-electron chi connectivity index (χ2n) is 13.0. The number of carboxylic acid groups (broad SMARTS) is 1. The number of hydrogen-bond acceptors (Lipinski definition) is 4. The molecule has 8 nitrogen and oxygen atoms in total. The molecular weight excluding hydrogens is 571 g/mol. The summed E-state index contributed by atoms with van der Waals surface area (Å²) in [7, 11) is 0. The van der Waals surface area contributed by atoms with Crippen LogP contribution >= 0.6 is 0 Å². The molecule has 4 aromatic rings. The number of carbonyl (C=O) groups excluding carboxylic acids is 2. The van der Waals surface area contributed by atoms with E-state index in [-0.39, 0.29) is 29.1 Å².